The average Bonchev–Trinajstić information content (AvgIpc) is 2.56. The van der Waals surface area contributed by atoms with Crippen LogP contribution in [0.1, 0.15) is 51.0 Å². The van der Waals surface area contributed by atoms with E-state index in [0.717, 1.165) is 37.8 Å². The molecule has 0 spiro atoms. The quantitative estimate of drug-likeness (QED) is 0.675. The second-order valence-electron chi connectivity index (χ2n) is 6.78. The van der Waals surface area contributed by atoms with Gasteiger partial charge in [-0.15, -0.1) is 0 Å². The molecule has 0 N–H and O–H groups in total. The van der Waals surface area contributed by atoms with Crippen LogP contribution >= 0.6 is 11.8 Å². The van der Waals surface area contributed by atoms with Gasteiger partial charge in [0.1, 0.15) is 0 Å². The molecule has 0 aromatic heterocycles. The number of halogens is 3. The van der Waals surface area contributed by atoms with E-state index in [1.165, 1.54) is 25.0 Å². The number of aliphatic imine (C=N–C) groups is 1. The Hall–Kier alpha value is -1.50. The molecule has 0 radical (unpaired) electrons. The average molecular weight is 384 g/mol. The minimum atomic E-state index is -4.35. The number of nitrogens with zero attached hydrogens (tertiary/aromatic N) is 2. The van der Waals surface area contributed by atoms with Crippen molar-refractivity contribution in [1.82, 2.24) is 0 Å². The molecule has 1 aromatic carbocycles. The standard InChI is InChI=1S/C19H23F3N2OS/c1-2-24(14-11-9-13(10-12-14)19(20,21)22)18-23-17(25)15-7-5-3-4-6-8-16(15)26-18/h9-12,15-16H,2-8H2,1H3. The summed E-state index contributed by atoms with van der Waals surface area (Å²) in [5, 5.41) is 0.831. The highest BCUT2D eigenvalue weighted by Gasteiger charge is 2.36. The van der Waals surface area contributed by atoms with Crippen molar-refractivity contribution in [3.05, 3.63) is 29.8 Å². The van der Waals surface area contributed by atoms with Gasteiger partial charge in [0.25, 0.3) is 5.91 Å². The molecule has 142 valence electrons. The van der Waals surface area contributed by atoms with E-state index >= 15 is 0 Å². The van der Waals surface area contributed by atoms with E-state index in [1.54, 1.807) is 11.8 Å². The third-order valence-corrected chi connectivity index (χ3v) is 6.43. The third-order valence-electron chi connectivity index (χ3n) is 5.04. The Morgan fingerprint density at radius 3 is 2.38 bits per heavy atom. The van der Waals surface area contributed by atoms with Crippen molar-refractivity contribution >= 4 is 28.5 Å². The lowest BCUT2D eigenvalue weighted by molar-refractivity contribution is -0.137. The molecule has 1 fully saturated rings. The monoisotopic (exact) mass is 384 g/mol. The fourth-order valence-electron chi connectivity index (χ4n) is 3.60. The largest absolute Gasteiger partial charge is 0.416 e. The Morgan fingerprint density at radius 1 is 1.12 bits per heavy atom. The molecule has 3 rings (SSSR count). The summed E-state index contributed by atoms with van der Waals surface area (Å²) in [6.07, 6.45) is 2.07. The van der Waals surface area contributed by atoms with Crippen LogP contribution in [0.4, 0.5) is 18.9 Å². The predicted molar refractivity (Wildman–Crippen MR) is 99.5 cm³/mol. The van der Waals surface area contributed by atoms with Crippen LogP contribution in [0.15, 0.2) is 29.3 Å². The molecule has 1 saturated carbocycles. The molecule has 2 unspecified atom stereocenters. The van der Waals surface area contributed by atoms with Gasteiger partial charge < -0.3 is 4.90 Å². The van der Waals surface area contributed by atoms with E-state index in [1.807, 2.05) is 11.8 Å². The van der Waals surface area contributed by atoms with E-state index in [-0.39, 0.29) is 17.1 Å². The normalized spacial score (nSPS) is 24.3. The van der Waals surface area contributed by atoms with E-state index < -0.39 is 11.7 Å². The molecule has 2 aliphatic rings. The fraction of sp³-hybridized carbons (Fsp3) is 0.579. The summed E-state index contributed by atoms with van der Waals surface area (Å²) in [6.45, 7) is 2.46. The van der Waals surface area contributed by atoms with E-state index in [0.29, 0.717) is 17.4 Å². The molecular formula is C19H23F3N2OS. The molecule has 1 amide bonds. The number of amidine groups is 1. The van der Waals surface area contributed by atoms with Crippen LogP contribution in [0, 0.1) is 5.92 Å². The summed E-state index contributed by atoms with van der Waals surface area (Å²) >= 11 is 1.61. The number of carbonyl (C=O) groups excluding carboxylic acids is 1. The number of hydrogen-bond acceptors (Lipinski definition) is 3. The van der Waals surface area contributed by atoms with Crippen LogP contribution in [0.3, 0.4) is 0 Å². The van der Waals surface area contributed by atoms with Gasteiger partial charge in [-0.2, -0.15) is 18.2 Å². The Bertz CT molecular complexity index is 672. The maximum Gasteiger partial charge on any atom is 0.416 e. The maximum absolute atomic E-state index is 12.8. The van der Waals surface area contributed by atoms with Crippen LogP contribution in [0.2, 0.25) is 0 Å². The number of amides is 1. The lowest BCUT2D eigenvalue weighted by Gasteiger charge is -2.34. The van der Waals surface area contributed by atoms with Gasteiger partial charge in [-0.3, -0.25) is 4.79 Å². The second-order valence-corrected chi connectivity index (χ2v) is 7.98. The summed E-state index contributed by atoms with van der Waals surface area (Å²) in [5.74, 6) is -0.0913. The highest BCUT2D eigenvalue weighted by atomic mass is 32.2. The molecule has 1 aliphatic carbocycles. The Morgan fingerprint density at radius 2 is 1.77 bits per heavy atom. The van der Waals surface area contributed by atoms with Gasteiger partial charge in [-0.05, 0) is 44.0 Å². The highest BCUT2D eigenvalue weighted by Crippen LogP contribution is 2.38. The smallest absolute Gasteiger partial charge is 0.321 e. The van der Waals surface area contributed by atoms with Crippen molar-refractivity contribution in [3.8, 4) is 0 Å². The number of rotatable bonds is 2. The minimum Gasteiger partial charge on any atom is -0.321 e. The van der Waals surface area contributed by atoms with Crippen LogP contribution < -0.4 is 4.90 Å². The molecule has 26 heavy (non-hydrogen) atoms. The molecule has 0 bridgehead atoms. The third kappa shape index (κ3) is 4.24. The molecule has 1 heterocycles. The molecular weight excluding hydrogens is 361 g/mol. The van der Waals surface area contributed by atoms with Crippen LogP contribution in [-0.4, -0.2) is 22.9 Å². The zero-order valence-corrected chi connectivity index (χ0v) is 15.6. The van der Waals surface area contributed by atoms with Gasteiger partial charge in [0.15, 0.2) is 5.17 Å². The summed E-state index contributed by atoms with van der Waals surface area (Å²) in [5.41, 5.74) is -0.0458. The number of anilines is 1. The number of benzene rings is 1. The zero-order chi connectivity index (χ0) is 18.7. The Balaban J connectivity index is 1.83. The summed E-state index contributed by atoms with van der Waals surface area (Å²) < 4.78 is 38.3. The van der Waals surface area contributed by atoms with Crippen molar-refractivity contribution in [2.75, 3.05) is 11.4 Å². The lowest BCUT2D eigenvalue weighted by atomic mass is 9.90. The van der Waals surface area contributed by atoms with Crippen molar-refractivity contribution in [1.29, 1.82) is 0 Å². The first-order chi connectivity index (χ1) is 12.4. The SMILES string of the molecule is CCN(C1=NC(=O)C2CCCCCCC2S1)c1ccc(C(F)(F)F)cc1. The molecule has 1 aromatic rings. The van der Waals surface area contributed by atoms with Gasteiger partial charge >= 0.3 is 6.18 Å². The minimum absolute atomic E-state index is 0.0182. The Kier molecular flexibility index (Phi) is 5.95. The molecule has 3 nitrogen and oxygen atoms in total. The predicted octanol–water partition coefficient (Wildman–Crippen LogP) is 5.50. The first kappa shape index (κ1) is 19.3. The lowest BCUT2D eigenvalue weighted by Crippen LogP contribution is -2.39. The van der Waals surface area contributed by atoms with Crippen LogP contribution in [-0.2, 0) is 11.0 Å². The molecule has 0 saturated heterocycles. The van der Waals surface area contributed by atoms with Gasteiger partial charge in [0.05, 0.1) is 11.5 Å². The van der Waals surface area contributed by atoms with E-state index in [2.05, 4.69) is 4.99 Å². The van der Waals surface area contributed by atoms with Gasteiger partial charge in [-0.25, -0.2) is 0 Å². The van der Waals surface area contributed by atoms with Gasteiger partial charge in [-0.1, -0.05) is 37.4 Å². The highest BCUT2D eigenvalue weighted by molar-refractivity contribution is 8.14. The molecule has 2 atom stereocenters. The van der Waals surface area contributed by atoms with E-state index in [4.69, 9.17) is 0 Å². The molecule has 1 aliphatic heterocycles. The van der Waals surface area contributed by atoms with Crippen molar-refractivity contribution < 1.29 is 18.0 Å². The first-order valence-corrected chi connectivity index (χ1v) is 10.0. The summed E-state index contributed by atoms with van der Waals surface area (Å²) in [6, 6.07) is 5.05. The summed E-state index contributed by atoms with van der Waals surface area (Å²) in [7, 11) is 0. The number of thioether (sulfide) groups is 1. The number of alkyl halides is 3. The first-order valence-electron chi connectivity index (χ1n) is 9.14. The number of carbonyl (C=O) groups is 1. The van der Waals surface area contributed by atoms with Crippen molar-refractivity contribution in [2.24, 2.45) is 10.9 Å². The Labute approximate surface area is 156 Å². The fourth-order valence-corrected chi connectivity index (χ4v) is 5.07. The maximum atomic E-state index is 12.8. The van der Waals surface area contributed by atoms with Crippen molar-refractivity contribution in [2.45, 2.75) is 56.9 Å². The van der Waals surface area contributed by atoms with Gasteiger partial charge in [0, 0.05) is 17.5 Å². The summed E-state index contributed by atoms with van der Waals surface area (Å²) in [4.78, 5) is 18.7. The molecule has 7 heteroatoms. The van der Waals surface area contributed by atoms with E-state index in [9.17, 15) is 18.0 Å². The van der Waals surface area contributed by atoms with Crippen molar-refractivity contribution in [3.63, 3.8) is 0 Å². The van der Waals surface area contributed by atoms with Crippen LogP contribution in [0.25, 0.3) is 0 Å². The zero-order valence-electron chi connectivity index (χ0n) is 14.8. The topological polar surface area (TPSA) is 32.7 Å². The number of fused-ring (bicyclic) bond motifs is 1. The van der Waals surface area contributed by atoms with Crippen LogP contribution in [0.5, 0.6) is 0 Å². The second kappa shape index (κ2) is 8.03. The van der Waals surface area contributed by atoms with Gasteiger partial charge in [0.2, 0.25) is 0 Å². The number of hydrogen-bond donors (Lipinski definition) is 0.